The number of carbonyl (C=O) groups excluding carboxylic acids is 1. The van der Waals surface area contributed by atoms with E-state index in [1.807, 2.05) is 0 Å². The molecule has 1 aliphatic heterocycles. The number of amides is 1. The molecule has 1 fully saturated rings. The highest BCUT2D eigenvalue weighted by Crippen LogP contribution is 2.29. The number of rotatable bonds is 3. The molecule has 7 heteroatoms. The first-order chi connectivity index (χ1) is 11.9. The van der Waals surface area contributed by atoms with Crippen molar-refractivity contribution in [1.82, 2.24) is 4.90 Å². The van der Waals surface area contributed by atoms with Crippen LogP contribution < -0.4 is 4.90 Å². The van der Waals surface area contributed by atoms with E-state index in [-0.39, 0.29) is 18.0 Å². The Kier molecular flexibility index (Phi) is 5.27. The molecule has 0 bridgehead atoms. The highest BCUT2D eigenvalue weighted by Gasteiger charge is 2.33. The van der Waals surface area contributed by atoms with Crippen LogP contribution >= 0.6 is 23.2 Å². The molecule has 0 spiro atoms. The molecule has 3 rings (SSSR count). The molecule has 0 aromatic heterocycles. The largest absolute Gasteiger partial charge is 0.310 e. The van der Waals surface area contributed by atoms with E-state index < -0.39 is 17.7 Å². The summed E-state index contributed by atoms with van der Waals surface area (Å²) in [6.07, 6.45) is 0. The van der Waals surface area contributed by atoms with Gasteiger partial charge in [-0.3, -0.25) is 9.69 Å². The van der Waals surface area contributed by atoms with E-state index in [1.54, 1.807) is 34.9 Å². The topological polar surface area (TPSA) is 23.6 Å². The third-order valence-corrected chi connectivity index (χ3v) is 5.16. The summed E-state index contributed by atoms with van der Waals surface area (Å²) in [6.45, 7) is 2.66. The number of hydrogen-bond donors (Lipinski definition) is 0. The summed E-state index contributed by atoms with van der Waals surface area (Å²) >= 11 is 11.9. The monoisotopic (exact) mass is 384 g/mol. The normalized spacial score (nSPS) is 18.7. The number of halogens is 4. The van der Waals surface area contributed by atoms with Gasteiger partial charge in [0.2, 0.25) is 5.91 Å². The first-order valence-electron chi connectivity index (χ1n) is 7.82. The maximum Gasteiger partial charge on any atom is 0.244 e. The van der Waals surface area contributed by atoms with E-state index in [4.69, 9.17) is 23.2 Å². The van der Waals surface area contributed by atoms with Crippen LogP contribution in [0.3, 0.4) is 0 Å². The zero-order valence-electron chi connectivity index (χ0n) is 13.5. The molecule has 0 unspecified atom stereocenters. The highest BCUT2D eigenvalue weighted by atomic mass is 35.5. The van der Waals surface area contributed by atoms with Gasteiger partial charge in [0.25, 0.3) is 0 Å². The number of benzene rings is 2. The molecule has 1 amide bonds. The van der Waals surface area contributed by atoms with Crippen LogP contribution in [0.1, 0.15) is 12.5 Å². The van der Waals surface area contributed by atoms with Gasteiger partial charge in [0.1, 0.15) is 11.6 Å². The molecule has 132 valence electrons. The Morgan fingerprint density at radius 1 is 1.08 bits per heavy atom. The summed E-state index contributed by atoms with van der Waals surface area (Å²) in [7, 11) is 0. The van der Waals surface area contributed by atoms with Crippen molar-refractivity contribution in [3.05, 3.63) is 63.6 Å². The van der Waals surface area contributed by atoms with Crippen LogP contribution in [0.25, 0.3) is 0 Å². The van der Waals surface area contributed by atoms with E-state index in [0.717, 1.165) is 0 Å². The average molecular weight is 385 g/mol. The minimum atomic E-state index is -0.605. The fraction of sp³-hybridized carbons (Fsp3) is 0.278. The molecule has 0 radical (unpaired) electrons. The van der Waals surface area contributed by atoms with Crippen molar-refractivity contribution in [2.75, 3.05) is 18.0 Å². The molecular weight excluding hydrogens is 369 g/mol. The lowest BCUT2D eigenvalue weighted by molar-refractivity contribution is -0.125. The predicted molar refractivity (Wildman–Crippen MR) is 95.0 cm³/mol. The van der Waals surface area contributed by atoms with Gasteiger partial charge in [-0.2, -0.15) is 0 Å². The summed E-state index contributed by atoms with van der Waals surface area (Å²) in [5.74, 6) is -1.36. The Labute approximate surface area is 154 Å². The van der Waals surface area contributed by atoms with E-state index in [1.165, 1.54) is 18.2 Å². The van der Waals surface area contributed by atoms with Crippen molar-refractivity contribution in [2.45, 2.75) is 19.5 Å². The summed E-state index contributed by atoms with van der Waals surface area (Å²) in [4.78, 5) is 16.1. The van der Waals surface area contributed by atoms with Crippen LogP contribution in [-0.2, 0) is 11.3 Å². The van der Waals surface area contributed by atoms with E-state index in [0.29, 0.717) is 28.8 Å². The molecule has 1 saturated heterocycles. The molecule has 0 aliphatic carbocycles. The lowest BCUT2D eigenvalue weighted by atomic mass is 10.1. The van der Waals surface area contributed by atoms with E-state index in [2.05, 4.69) is 0 Å². The SMILES string of the molecule is C[C@H]1C(=O)N(c2ccc(Cl)c(Cl)c2)CCN1Cc1c(F)cccc1F. The molecule has 1 aliphatic rings. The second-order valence-corrected chi connectivity index (χ2v) is 6.75. The number of nitrogens with zero attached hydrogens (tertiary/aromatic N) is 2. The third kappa shape index (κ3) is 3.64. The van der Waals surface area contributed by atoms with Crippen molar-refractivity contribution in [2.24, 2.45) is 0 Å². The van der Waals surface area contributed by atoms with Gasteiger partial charge in [-0.25, -0.2) is 8.78 Å². The zero-order valence-corrected chi connectivity index (χ0v) is 15.0. The lowest BCUT2D eigenvalue weighted by Gasteiger charge is -2.39. The second kappa shape index (κ2) is 7.28. The highest BCUT2D eigenvalue weighted by molar-refractivity contribution is 6.42. The Morgan fingerprint density at radius 2 is 1.76 bits per heavy atom. The van der Waals surface area contributed by atoms with Gasteiger partial charge >= 0.3 is 0 Å². The fourth-order valence-electron chi connectivity index (χ4n) is 2.93. The zero-order chi connectivity index (χ0) is 18.1. The van der Waals surface area contributed by atoms with Crippen LogP contribution in [0.2, 0.25) is 10.0 Å². The summed E-state index contributed by atoms with van der Waals surface area (Å²) in [6, 6.07) is 8.25. The predicted octanol–water partition coefficient (Wildman–Crippen LogP) is 4.51. The van der Waals surface area contributed by atoms with Crippen LogP contribution in [0.4, 0.5) is 14.5 Å². The first kappa shape index (κ1) is 18.1. The van der Waals surface area contributed by atoms with Crippen LogP contribution in [0, 0.1) is 11.6 Å². The standard InChI is InChI=1S/C18H16Cl2F2N2O/c1-11-18(25)24(12-5-6-14(19)15(20)9-12)8-7-23(11)10-13-16(21)3-2-4-17(13)22/h2-6,9,11H,7-8,10H2,1H3/t11-/m0/s1. The van der Waals surface area contributed by atoms with Crippen molar-refractivity contribution in [1.29, 1.82) is 0 Å². The van der Waals surface area contributed by atoms with Crippen LogP contribution in [0.15, 0.2) is 36.4 Å². The van der Waals surface area contributed by atoms with Gasteiger partial charge in [-0.05, 0) is 37.3 Å². The maximum absolute atomic E-state index is 13.9. The molecule has 2 aromatic carbocycles. The number of anilines is 1. The van der Waals surface area contributed by atoms with Gasteiger partial charge in [0.15, 0.2) is 0 Å². The second-order valence-electron chi connectivity index (χ2n) is 5.93. The molecule has 2 aromatic rings. The van der Waals surface area contributed by atoms with E-state index in [9.17, 15) is 13.6 Å². The molecule has 1 atom stereocenters. The van der Waals surface area contributed by atoms with Gasteiger partial charge in [-0.15, -0.1) is 0 Å². The molecule has 3 nitrogen and oxygen atoms in total. The summed E-state index contributed by atoms with van der Waals surface area (Å²) < 4.78 is 27.7. The molecular formula is C18H16Cl2F2N2O. The van der Waals surface area contributed by atoms with Crippen molar-refractivity contribution in [3.63, 3.8) is 0 Å². The molecule has 1 heterocycles. The Bertz CT molecular complexity index is 795. The number of piperazine rings is 1. The molecule has 0 N–H and O–H groups in total. The summed E-state index contributed by atoms with van der Waals surface area (Å²) in [5.41, 5.74) is 0.633. The Hall–Kier alpha value is -1.69. The Morgan fingerprint density at radius 3 is 2.40 bits per heavy atom. The van der Waals surface area contributed by atoms with Gasteiger partial charge in [-0.1, -0.05) is 29.3 Å². The lowest BCUT2D eigenvalue weighted by Crippen LogP contribution is -2.55. The molecule has 25 heavy (non-hydrogen) atoms. The minimum Gasteiger partial charge on any atom is -0.310 e. The van der Waals surface area contributed by atoms with Crippen LogP contribution in [0.5, 0.6) is 0 Å². The smallest absolute Gasteiger partial charge is 0.244 e. The summed E-state index contributed by atoms with van der Waals surface area (Å²) in [5, 5.41) is 0.787. The number of carbonyl (C=O) groups is 1. The van der Waals surface area contributed by atoms with E-state index >= 15 is 0 Å². The maximum atomic E-state index is 13.9. The number of hydrogen-bond acceptors (Lipinski definition) is 2. The van der Waals surface area contributed by atoms with Crippen molar-refractivity contribution in [3.8, 4) is 0 Å². The van der Waals surface area contributed by atoms with Gasteiger partial charge in [0.05, 0.1) is 16.1 Å². The quantitative estimate of drug-likeness (QED) is 0.777. The minimum absolute atomic E-state index is 0.0230. The third-order valence-electron chi connectivity index (χ3n) is 4.42. The molecule has 0 saturated carbocycles. The fourth-order valence-corrected chi connectivity index (χ4v) is 3.22. The van der Waals surface area contributed by atoms with Crippen molar-refractivity contribution >= 4 is 34.8 Å². The van der Waals surface area contributed by atoms with Crippen LogP contribution in [-0.4, -0.2) is 29.9 Å². The van der Waals surface area contributed by atoms with Gasteiger partial charge < -0.3 is 4.90 Å². The van der Waals surface area contributed by atoms with Crippen molar-refractivity contribution < 1.29 is 13.6 Å². The Balaban J connectivity index is 1.78. The van der Waals surface area contributed by atoms with Gasteiger partial charge in [0, 0.05) is 30.9 Å². The average Bonchev–Trinajstić information content (AvgIpc) is 2.58. The first-order valence-corrected chi connectivity index (χ1v) is 8.57.